The van der Waals surface area contributed by atoms with Gasteiger partial charge in [-0.05, 0) is 72.4 Å². The molecule has 0 unspecified atom stereocenters. The summed E-state index contributed by atoms with van der Waals surface area (Å²) in [6.07, 6.45) is 2.59. The van der Waals surface area contributed by atoms with Gasteiger partial charge in [-0.1, -0.05) is 57.0 Å². The van der Waals surface area contributed by atoms with Crippen molar-refractivity contribution in [1.82, 2.24) is 4.31 Å². The van der Waals surface area contributed by atoms with E-state index in [9.17, 15) is 18.0 Å². The van der Waals surface area contributed by atoms with Crippen molar-refractivity contribution in [3.8, 4) is 0 Å². The number of piperidine rings is 1. The molecule has 0 aliphatic carbocycles. The molecule has 0 spiro atoms. The van der Waals surface area contributed by atoms with Crippen molar-refractivity contribution >= 4 is 44.8 Å². The number of nitrogens with zero attached hydrogens (tertiary/aromatic N) is 1. The van der Waals surface area contributed by atoms with Crippen molar-refractivity contribution in [2.24, 2.45) is 0 Å². The molecule has 38 heavy (non-hydrogen) atoms. The lowest BCUT2D eigenvalue weighted by atomic mass is 9.87. The van der Waals surface area contributed by atoms with Crippen molar-refractivity contribution in [3.05, 3.63) is 88.4 Å². The molecule has 0 aromatic heterocycles. The van der Waals surface area contributed by atoms with E-state index in [2.05, 4.69) is 31.4 Å². The zero-order valence-electron chi connectivity index (χ0n) is 21.8. The monoisotopic (exact) mass is 553 g/mol. The number of hydrogen-bond acceptors (Lipinski definition) is 4. The summed E-state index contributed by atoms with van der Waals surface area (Å²) < 4.78 is 27.7. The van der Waals surface area contributed by atoms with Gasteiger partial charge in [0.25, 0.3) is 11.8 Å². The van der Waals surface area contributed by atoms with Crippen LogP contribution >= 0.6 is 11.6 Å². The molecule has 2 amide bonds. The van der Waals surface area contributed by atoms with Crippen LogP contribution in [0.15, 0.2) is 71.6 Å². The first-order valence-electron chi connectivity index (χ1n) is 12.6. The average Bonchev–Trinajstić information content (AvgIpc) is 2.89. The first-order valence-corrected chi connectivity index (χ1v) is 14.4. The second-order valence-corrected chi connectivity index (χ2v) is 12.7. The van der Waals surface area contributed by atoms with Gasteiger partial charge in [-0.25, -0.2) is 8.42 Å². The molecule has 1 aliphatic heterocycles. The Morgan fingerprint density at radius 3 is 1.92 bits per heavy atom. The van der Waals surface area contributed by atoms with E-state index in [0.29, 0.717) is 30.0 Å². The molecule has 9 heteroatoms. The number of sulfonamides is 1. The summed E-state index contributed by atoms with van der Waals surface area (Å²) in [6.45, 7) is 7.21. The molecular weight excluding hydrogens is 522 g/mol. The van der Waals surface area contributed by atoms with E-state index in [1.165, 1.54) is 22.5 Å². The smallest absolute Gasteiger partial charge is 0.255 e. The van der Waals surface area contributed by atoms with Gasteiger partial charge in [-0.2, -0.15) is 4.31 Å². The number of carbonyl (C=O) groups is 2. The van der Waals surface area contributed by atoms with Crippen molar-refractivity contribution in [2.75, 3.05) is 23.7 Å². The number of anilines is 2. The summed E-state index contributed by atoms with van der Waals surface area (Å²) >= 11 is 6.24. The molecule has 0 bridgehead atoms. The zero-order chi connectivity index (χ0) is 27.5. The van der Waals surface area contributed by atoms with Crippen molar-refractivity contribution in [3.63, 3.8) is 0 Å². The fourth-order valence-electron chi connectivity index (χ4n) is 4.29. The average molecular weight is 554 g/mol. The minimum Gasteiger partial charge on any atom is -0.322 e. The summed E-state index contributed by atoms with van der Waals surface area (Å²) in [7, 11) is -3.81. The van der Waals surface area contributed by atoms with E-state index in [-0.39, 0.29) is 26.8 Å². The maximum absolute atomic E-state index is 13.1. The summed E-state index contributed by atoms with van der Waals surface area (Å²) in [4.78, 5) is 25.7. The van der Waals surface area contributed by atoms with Crippen LogP contribution in [0.2, 0.25) is 5.02 Å². The van der Waals surface area contributed by atoms with Crippen LogP contribution in [-0.2, 0) is 15.4 Å². The number of hydrogen-bond donors (Lipinski definition) is 2. The molecule has 7 nitrogen and oxygen atoms in total. The lowest BCUT2D eigenvalue weighted by molar-refractivity contribution is 0.101. The Labute approximate surface area is 229 Å². The fourth-order valence-corrected chi connectivity index (χ4v) is 6.31. The molecule has 200 valence electrons. The molecule has 0 radical (unpaired) electrons. The van der Waals surface area contributed by atoms with Gasteiger partial charge < -0.3 is 10.6 Å². The first kappa shape index (κ1) is 27.8. The van der Waals surface area contributed by atoms with Crippen LogP contribution in [0.4, 0.5) is 11.4 Å². The minimum atomic E-state index is -3.81. The molecule has 3 aromatic rings. The Kier molecular flexibility index (Phi) is 8.25. The van der Waals surface area contributed by atoms with Gasteiger partial charge in [0.05, 0.1) is 5.02 Å². The van der Waals surface area contributed by atoms with Crippen LogP contribution in [0.5, 0.6) is 0 Å². The molecule has 1 aliphatic rings. The van der Waals surface area contributed by atoms with E-state index >= 15 is 0 Å². The molecule has 0 saturated carbocycles. The molecule has 2 N–H and O–H groups in total. The van der Waals surface area contributed by atoms with Crippen LogP contribution in [0, 0.1) is 0 Å². The number of carbonyl (C=O) groups excluding carboxylic acids is 2. The van der Waals surface area contributed by atoms with E-state index in [0.717, 1.165) is 24.8 Å². The second kappa shape index (κ2) is 11.3. The summed E-state index contributed by atoms with van der Waals surface area (Å²) in [6, 6.07) is 18.4. The maximum Gasteiger partial charge on any atom is 0.255 e. The zero-order valence-corrected chi connectivity index (χ0v) is 23.3. The molecule has 1 heterocycles. The quantitative estimate of drug-likeness (QED) is 0.373. The normalized spacial score (nSPS) is 14.6. The van der Waals surface area contributed by atoms with Gasteiger partial charge in [0.15, 0.2) is 0 Å². The van der Waals surface area contributed by atoms with Gasteiger partial charge in [0.1, 0.15) is 4.90 Å². The fraction of sp³-hybridized carbons (Fsp3) is 0.310. The highest BCUT2D eigenvalue weighted by Gasteiger charge is 2.29. The number of halogens is 1. The van der Waals surface area contributed by atoms with E-state index in [1.807, 2.05) is 12.1 Å². The SMILES string of the molecule is CC(C)(C)c1ccc(C(=O)Nc2cccc(NC(=O)c3ccc(Cl)c(S(=O)(=O)N4CCCCC4)c3)c2)cc1. The van der Waals surface area contributed by atoms with Gasteiger partial charge in [0, 0.05) is 35.6 Å². The predicted molar refractivity (Wildman–Crippen MR) is 152 cm³/mol. The third-order valence-electron chi connectivity index (χ3n) is 6.52. The Bertz CT molecular complexity index is 1440. The summed E-state index contributed by atoms with van der Waals surface area (Å²) in [5.41, 5.74) is 2.77. The molecular formula is C29H32ClN3O4S. The molecule has 1 saturated heterocycles. The molecule has 0 atom stereocenters. The topological polar surface area (TPSA) is 95.6 Å². The molecule has 1 fully saturated rings. The third-order valence-corrected chi connectivity index (χ3v) is 8.90. The second-order valence-electron chi connectivity index (χ2n) is 10.4. The van der Waals surface area contributed by atoms with Crippen LogP contribution in [0.25, 0.3) is 0 Å². The first-order chi connectivity index (χ1) is 17.9. The van der Waals surface area contributed by atoms with E-state index in [1.54, 1.807) is 36.4 Å². The Balaban J connectivity index is 1.47. The maximum atomic E-state index is 13.1. The number of benzene rings is 3. The lowest BCUT2D eigenvalue weighted by Crippen LogP contribution is -2.35. The largest absolute Gasteiger partial charge is 0.322 e. The highest BCUT2D eigenvalue weighted by molar-refractivity contribution is 7.89. The Morgan fingerprint density at radius 1 is 0.789 bits per heavy atom. The van der Waals surface area contributed by atoms with Crippen LogP contribution in [0.3, 0.4) is 0 Å². The van der Waals surface area contributed by atoms with Crippen LogP contribution < -0.4 is 10.6 Å². The predicted octanol–water partition coefficient (Wildman–Crippen LogP) is 6.32. The van der Waals surface area contributed by atoms with Crippen LogP contribution in [0.1, 0.15) is 66.3 Å². The highest BCUT2D eigenvalue weighted by Crippen LogP contribution is 2.28. The minimum absolute atomic E-state index is 0.00979. The van der Waals surface area contributed by atoms with E-state index in [4.69, 9.17) is 11.6 Å². The Hall–Kier alpha value is -3.20. The third kappa shape index (κ3) is 6.43. The van der Waals surface area contributed by atoms with Gasteiger partial charge in [-0.3, -0.25) is 9.59 Å². The number of amides is 2. The van der Waals surface area contributed by atoms with E-state index < -0.39 is 15.9 Å². The standard InChI is InChI=1S/C29H32ClN3O4S/c1-29(2,3)22-13-10-20(11-14-22)27(34)31-23-8-7-9-24(19-23)32-28(35)21-12-15-25(30)26(18-21)38(36,37)33-16-5-4-6-17-33/h7-15,18-19H,4-6,16-17H2,1-3H3,(H,31,34)(H,32,35). The van der Waals surface area contributed by atoms with Gasteiger partial charge in [0.2, 0.25) is 10.0 Å². The highest BCUT2D eigenvalue weighted by atomic mass is 35.5. The summed E-state index contributed by atoms with van der Waals surface area (Å²) in [5, 5.41) is 5.70. The van der Waals surface area contributed by atoms with Crippen molar-refractivity contribution < 1.29 is 18.0 Å². The Morgan fingerprint density at radius 2 is 1.34 bits per heavy atom. The van der Waals surface area contributed by atoms with Crippen molar-refractivity contribution in [2.45, 2.75) is 50.3 Å². The van der Waals surface area contributed by atoms with Gasteiger partial charge >= 0.3 is 0 Å². The summed E-state index contributed by atoms with van der Waals surface area (Å²) in [5.74, 6) is -0.753. The molecule has 3 aromatic carbocycles. The molecule has 4 rings (SSSR count). The number of rotatable bonds is 6. The lowest BCUT2D eigenvalue weighted by Gasteiger charge is -2.26. The van der Waals surface area contributed by atoms with Crippen molar-refractivity contribution in [1.29, 1.82) is 0 Å². The van der Waals surface area contributed by atoms with Gasteiger partial charge in [-0.15, -0.1) is 0 Å². The van der Waals surface area contributed by atoms with Crippen LogP contribution in [-0.4, -0.2) is 37.6 Å². The number of nitrogens with one attached hydrogen (secondary N) is 2.